The summed E-state index contributed by atoms with van der Waals surface area (Å²) in [5.41, 5.74) is 1.83. The molecule has 3 rings (SSSR count). The van der Waals surface area contributed by atoms with Crippen molar-refractivity contribution in [3.05, 3.63) is 81.8 Å². The van der Waals surface area contributed by atoms with Crippen molar-refractivity contribution in [2.45, 2.75) is 12.5 Å². The molecule has 1 heterocycles. The van der Waals surface area contributed by atoms with Gasteiger partial charge in [-0.25, -0.2) is 4.98 Å². The summed E-state index contributed by atoms with van der Waals surface area (Å²) in [5, 5.41) is 4.10. The molecule has 3 aromatic rings. The molecule has 1 atom stereocenters. The molecule has 0 aliphatic rings. The van der Waals surface area contributed by atoms with Crippen LogP contribution in [0.2, 0.25) is 5.02 Å². The Bertz CT molecular complexity index is 851. The molecule has 0 fully saturated rings. The molecule has 1 aromatic heterocycles. The van der Waals surface area contributed by atoms with Gasteiger partial charge in [-0.3, -0.25) is 10.1 Å². The number of carbonyl (C=O) groups excluding carboxylic acids is 1. The Labute approximate surface area is 155 Å². The van der Waals surface area contributed by atoms with E-state index in [0.717, 1.165) is 21.0 Å². The molecule has 0 bridgehead atoms. The van der Waals surface area contributed by atoms with Crippen LogP contribution in [0.5, 0.6) is 0 Å². The molecule has 1 amide bonds. The second-order valence-electron chi connectivity index (χ2n) is 5.42. The molecule has 0 saturated carbocycles. The van der Waals surface area contributed by atoms with Crippen LogP contribution in [-0.2, 0) is 16.0 Å². The van der Waals surface area contributed by atoms with Crippen LogP contribution in [-0.4, -0.2) is 18.0 Å². The number of nitrogens with zero attached hydrogens (tertiary/aromatic N) is 1. The topological polar surface area (TPSA) is 51.2 Å². The summed E-state index contributed by atoms with van der Waals surface area (Å²) in [7, 11) is 1.52. The van der Waals surface area contributed by atoms with Gasteiger partial charge in [-0.1, -0.05) is 60.1 Å². The fourth-order valence-corrected chi connectivity index (χ4v) is 3.51. The van der Waals surface area contributed by atoms with E-state index in [1.807, 2.05) is 54.6 Å². The lowest BCUT2D eigenvalue weighted by atomic mass is 10.1. The number of hydrogen-bond acceptors (Lipinski definition) is 4. The minimum absolute atomic E-state index is 0.243. The molecule has 0 saturated heterocycles. The molecule has 25 heavy (non-hydrogen) atoms. The molecule has 0 aliphatic carbocycles. The van der Waals surface area contributed by atoms with Crippen LogP contribution in [0.3, 0.4) is 0 Å². The number of methoxy groups -OCH3 is 1. The van der Waals surface area contributed by atoms with Crippen LogP contribution >= 0.6 is 22.9 Å². The van der Waals surface area contributed by atoms with E-state index < -0.39 is 6.10 Å². The molecule has 6 heteroatoms. The molecule has 128 valence electrons. The van der Waals surface area contributed by atoms with Gasteiger partial charge in [0.1, 0.15) is 0 Å². The van der Waals surface area contributed by atoms with Crippen molar-refractivity contribution >= 4 is 34.0 Å². The molecule has 1 unspecified atom stereocenters. The molecule has 1 N–H and O–H groups in total. The third-order valence-corrected chi connectivity index (χ3v) is 4.96. The van der Waals surface area contributed by atoms with E-state index in [9.17, 15) is 4.79 Å². The standard InChI is InChI=1S/C19H17ClN2O2S/c1-24-17(13-7-3-2-4-8-13)18(23)22-19-21-12-15(25-19)11-14-9-5-6-10-16(14)20/h2-10,12,17H,11H2,1H3,(H,21,22,23). The number of hydrogen-bond donors (Lipinski definition) is 1. The summed E-state index contributed by atoms with van der Waals surface area (Å²) >= 11 is 7.62. The summed E-state index contributed by atoms with van der Waals surface area (Å²) in [6, 6.07) is 17.1. The van der Waals surface area contributed by atoms with Gasteiger partial charge in [0.2, 0.25) is 0 Å². The number of thiazole rings is 1. The van der Waals surface area contributed by atoms with Gasteiger partial charge in [-0.05, 0) is 17.2 Å². The van der Waals surface area contributed by atoms with E-state index in [-0.39, 0.29) is 5.91 Å². The van der Waals surface area contributed by atoms with Gasteiger partial charge >= 0.3 is 0 Å². The van der Waals surface area contributed by atoms with E-state index in [2.05, 4.69) is 10.3 Å². The normalized spacial score (nSPS) is 11.9. The lowest BCUT2D eigenvalue weighted by Crippen LogP contribution is -2.22. The zero-order valence-electron chi connectivity index (χ0n) is 13.6. The first-order chi connectivity index (χ1) is 12.2. The minimum atomic E-state index is -0.669. The zero-order chi connectivity index (χ0) is 17.6. The average molecular weight is 373 g/mol. The number of aromatic nitrogens is 1. The summed E-state index contributed by atoms with van der Waals surface area (Å²) in [6.07, 6.45) is 1.77. The first-order valence-corrected chi connectivity index (χ1v) is 8.93. The number of nitrogens with one attached hydrogen (secondary N) is 1. The van der Waals surface area contributed by atoms with Gasteiger partial charge in [0.25, 0.3) is 5.91 Å². The number of anilines is 1. The Morgan fingerprint density at radius 2 is 1.92 bits per heavy atom. The SMILES string of the molecule is COC(C(=O)Nc1ncc(Cc2ccccc2Cl)s1)c1ccccc1. The first kappa shape index (κ1) is 17.6. The maximum atomic E-state index is 12.5. The monoisotopic (exact) mass is 372 g/mol. The second kappa shape index (κ2) is 8.25. The summed E-state index contributed by atoms with van der Waals surface area (Å²) < 4.78 is 5.34. The highest BCUT2D eigenvalue weighted by Gasteiger charge is 2.21. The van der Waals surface area contributed by atoms with Gasteiger partial charge < -0.3 is 4.74 Å². The molecule has 0 radical (unpaired) electrons. The largest absolute Gasteiger partial charge is 0.367 e. The predicted molar refractivity (Wildman–Crippen MR) is 101 cm³/mol. The highest BCUT2D eigenvalue weighted by molar-refractivity contribution is 7.15. The number of carbonyl (C=O) groups is 1. The zero-order valence-corrected chi connectivity index (χ0v) is 15.2. The van der Waals surface area contributed by atoms with E-state index in [1.54, 1.807) is 6.20 Å². The molecular weight excluding hydrogens is 356 g/mol. The van der Waals surface area contributed by atoms with Crippen molar-refractivity contribution < 1.29 is 9.53 Å². The van der Waals surface area contributed by atoms with Crippen molar-refractivity contribution in [1.82, 2.24) is 4.98 Å². The predicted octanol–water partition coefficient (Wildman–Crippen LogP) is 4.71. The summed E-state index contributed by atoms with van der Waals surface area (Å²) in [6.45, 7) is 0. The molecule has 0 aliphatic heterocycles. The van der Waals surface area contributed by atoms with Gasteiger partial charge in [0, 0.05) is 29.6 Å². The molecule has 2 aromatic carbocycles. The minimum Gasteiger partial charge on any atom is -0.367 e. The highest BCUT2D eigenvalue weighted by atomic mass is 35.5. The van der Waals surface area contributed by atoms with Crippen molar-refractivity contribution in [3.8, 4) is 0 Å². The molecule has 0 spiro atoms. The van der Waals surface area contributed by atoms with Crippen molar-refractivity contribution in [3.63, 3.8) is 0 Å². The van der Waals surface area contributed by atoms with Crippen molar-refractivity contribution in [2.24, 2.45) is 0 Å². The van der Waals surface area contributed by atoms with Crippen LogP contribution in [0.15, 0.2) is 60.8 Å². The van der Waals surface area contributed by atoms with Crippen molar-refractivity contribution in [1.29, 1.82) is 0 Å². The number of ether oxygens (including phenoxy) is 1. The maximum Gasteiger partial charge on any atom is 0.259 e. The Hall–Kier alpha value is -2.21. The quantitative estimate of drug-likeness (QED) is 0.681. The number of halogens is 1. The van der Waals surface area contributed by atoms with Gasteiger partial charge in [0.05, 0.1) is 0 Å². The second-order valence-corrected chi connectivity index (χ2v) is 6.94. The van der Waals surface area contributed by atoms with E-state index in [4.69, 9.17) is 16.3 Å². The van der Waals surface area contributed by atoms with Crippen LogP contribution in [0.4, 0.5) is 5.13 Å². The van der Waals surface area contributed by atoms with E-state index >= 15 is 0 Å². The smallest absolute Gasteiger partial charge is 0.259 e. The van der Waals surface area contributed by atoms with Crippen LogP contribution in [0.1, 0.15) is 22.1 Å². The first-order valence-electron chi connectivity index (χ1n) is 7.74. The van der Waals surface area contributed by atoms with Crippen molar-refractivity contribution in [2.75, 3.05) is 12.4 Å². The van der Waals surface area contributed by atoms with Crippen LogP contribution < -0.4 is 5.32 Å². The van der Waals surface area contributed by atoms with E-state index in [1.165, 1.54) is 18.4 Å². The van der Waals surface area contributed by atoms with E-state index in [0.29, 0.717) is 11.6 Å². The number of benzene rings is 2. The number of rotatable bonds is 6. The van der Waals surface area contributed by atoms with Crippen LogP contribution in [0, 0.1) is 0 Å². The third kappa shape index (κ3) is 4.45. The Morgan fingerprint density at radius 1 is 1.20 bits per heavy atom. The summed E-state index contributed by atoms with van der Waals surface area (Å²) in [4.78, 5) is 17.8. The lowest BCUT2D eigenvalue weighted by Gasteiger charge is -2.14. The van der Waals surface area contributed by atoms with Gasteiger partial charge in [-0.2, -0.15) is 0 Å². The van der Waals surface area contributed by atoms with Crippen LogP contribution in [0.25, 0.3) is 0 Å². The average Bonchev–Trinajstić information content (AvgIpc) is 3.05. The lowest BCUT2D eigenvalue weighted by molar-refractivity contribution is -0.126. The highest BCUT2D eigenvalue weighted by Crippen LogP contribution is 2.26. The summed E-state index contributed by atoms with van der Waals surface area (Å²) in [5.74, 6) is -0.243. The third-order valence-electron chi connectivity index (χ3n) is 3.68. The Balaban J connectivity index is 1.68. The molecular formula is C19H17ClN2O2S. The Morgan fingerprint density at radius 3 is 2.64 bits per heavy atom. The fourth-order valence-electron chi connectivity index (χ4n) is 2.47. The van der Waals surface area contributed by atoms with Gasteiger partial charge in [0.15, 0.2) is 11.2 Å². The molecule has 4 nitrogen and oxygen atoms in total. The Kier molecular flexibility index (Phi) is 5.81. The number of amides is 1. The maximum absolute atomic E-state index is 12.5. The van der Waals surface area contributed by atoms with Gasteiger partial charge in [-0.15, -0.1) is 11.3 Å². The fraction of sp³-hybridized carbons (Fsp3) is 0.158.